The molecule has 0 rings (SSSR count). The molecule has 0 bridgehead atoms. The minimum atomic E-state index is -0.0697. The second-order valence-electron chi connectivity index (χ2n) is 2.50. The van der Waals surface area contributed by atoms with Gasteiger partial charge >= 0.3 is 0 Å². The lowest BCUT2D eigenvalue weighted by Crippen LogP contribution is -2.32. The summed E-state index contributed by atoms with van der Waals surface area (Å²) in [5, 5.41) is 0. The summed E-state index contributed by atoms with van der Waals surface area (Å²) in [7, 11) is 2.05. The molecule has 0 radical (unpaired) electrons. The third kappa shape index (κ3) is 6.16. The van der Waals surface area contributed by atoms with Gasteiger partial charge in [0, 0.05) is 19.8 Å². The zero-order chi connectivity index (χ0) is 9.40. The number of alkyl halides is 1. The maximum atomic E-state index is 5.39. The van der Waals surface area contributed by atoms with Crippen molar-refractivity contribution >= 4 is 22.6 Å². The summed E-state index contributed by atoms with van der Waals surface area (Å²) < 4.78 is 11.8. The molecule has 0 aliphatic carbocycles. The number of nitrogens with zero attached hydrogens (tertiary/aromatic N) is 1. The molecule has 0 fully saturated rings. The molecule has 0 unspecified atom stereocenters. The predicted molar refractivity (Wildman–Crippen MR) is 58.6 cm³/mol. The van der Waals surface area contributed by atoms with Gasteiger partial charge in [-0.05, 0) is 20.9 Å². The van der Waals surface area contributed by atoms with E-state index in [4.69, 9.17) is 9.47 Å². The fourth-order valence-electron chi connectivity index (χ4n) is 0.829. The smallest absolute Gasteiger partial charge is 0.170 e. The maximum Gasteiger partial charge on any atom is 0.170 e. The van der Waals surface area contributed by atoms with Crippen LogP contribution in [-0.2, 0) is 9.47 Å². The lowest BCUT2D eigenvalue weighted by Gasteiger charge is -2.21. The third-order valence-electron chi connectivity index (χ3n) is 1.37. The van der Waals surface area contributed by atoms with Crippen LogP contribution in [0.15, 0.2) is 0 Å². The van der Waals surface area contributed by atoms with E-state index in [0.29, 0.717) is 13.2 Å². The van der Waals surface area contributed by atoms with Crippen LogP contribution in [0.1, 0.15) is 13.8 Å². The molecule has 0 spiro atoms. The second kappa shape index (κ2) is 8.22. The Kier molecular flexibility index (Phi) is 8.64. The molecule has 0 atom stereocenters. The van der Waals surface area contributed by atoms with Gasteiger partial charge in [-0.3, -0.25) is 4.90 Å². The number of hydrogen-bond donors (Lipinski definition) is 0. The summed E-state index contributed by atoms with van der Waals surface area (Å²) in [6, 6.07) is 0. The summed E-state index contributed by atoms with van der Waals surface area (Å²) in [5.41, 5.74) is 0. The molecule has 0 aliphatic heterocycles. The quantitative estimate of drug-likeness (QED) is 0.308. The predicted octanol–water partition coefficient (Wildman–Crippen LogP) is 1.71. The Bertz CT molecular complexity index is 97.1. The van der Waals surface area contributed by atoms with Crippen molar-refractivity contribution in [1.82, 2.24) is 4.90 Å². The van der Waals surface area contributed by atoms with E-state index in [2.05, 4.69) is 34.5 Å². The van der Waals surface area contributed by atoms with Gasteiger partial charge in [0.2, 0.25) is 0 Å². The minimum absolute atomic E-state index is 0.0697. The van der Waals surface area contributed by atoms with Crippen LogP contribution in [0.3, 0.4) is 0 Å². The molecule has 0 saturated carbocycles. The number of ether oxygens (including phenoxy) is 2. The van der Waals surface area contributed by atoms with Crippen molar-refractivity contribution in [3.63, 3.8) is 0 Å². The molecule has 0 aromatic heterocycles. The number of rotatable bonds is 7. The van der Waals surface area contributed by atoms with Crippen molar-refractivity contribution in [3.05, 3.63) is 0 Å². The van der Waals surface area contributed by atoms with Crippen molar-refractivity contribution < 1.29 is 9.47 Å². The van der Waals surface area contributed by atoms with Crippen molar-refractivity contribution in [2.24, 2.45) is 0 Å². The van der Waals surface area contributed by atoms with Gasteiger partial charge in [-0.15, -0.1) is 0 Å². The van der Waals surface area contributed by atoms with Gasteiger partial charge in [-0.2, -0.15) is 0 Å². The lowest BCUT2D eigenvalue weighted by molar-refractivity contribution is -0.143. The summed E-state index contributed by atoms with van der Waals surface area (Å²) in [6.07, 6.45) is -0.0697. The van der Waals surface area contributed by atoms with Crippen molar-refractivity contribution in [2.45, 2.75) is 20.1 Å². The average Bonchev–Trinajstić information content (AvgIpc) is 2.05. The lowest BCUT2D eigenvalue weighted by atomic mass is 10.5. The molecule has 0 amide bonds. The van der Waals surface area contributed by atoms with Crippen LogP contribution in [0.5, 0.6) is 0 Å². The van der Waals surface area contributed by atoms with Crippen LogP contribution in [-0.4, -0.2) is 42.5 Å². The topological polar surface area (TPSA) is 21.7 Å². The molecule has 74 valence electrons. The normalized spacial score (nSPS) is 11.5. The van der Waals surface area contributed by atoms with Crippen LogP contribution in [0.25, 0.3) is 0 Å². The fraction of sp³-hybridized carbons (Fsp3) is 1.00. The maximum absolute atomic E-state index is 5.39. The molecule has 3 nitrogen and oxygen atoms in total. The number of hydrogen-bond acceptors (Lipinski definition) is 3. The Morgan fingerprint density at radius 2 is 1.75 bits per heavy atom. The highest BCUT2D eigenvalue weighted by Crippen LogP contribution is 1.99. The standard InChI is InChI=1S/C8H18INO2/c1-4-11-8(12-5-2)6-10(3)7-9/h8H,4-7H2,1-3H3. The van der Waals surface area contributed by atoms with E-state index in [1.54, 1.807) is 0 Å². The van der Waals surface area contributed by atoms with E-state index < -0.39 is 0 Å². The second-order valence-corrected chi connectivity index (χ2v) is 3.18. The molecular weight excluding hydrogens is 269 g/mol. The van der Waals surface area contributed by atoms with Gasteiger partial charge in [-0.1, -0.05) is 22.6 Å². The molecule has 0 saturated heterocycles. The molecule has 0 aliphatic rings. The summed E-state index contributed by atoms with van der Waals surface area (Å²) >= 11 is 2.32. The first kappa shape index (κ1) is 12.6. The van der Waals surface area contributed by atoms with Gasteiger partial charge in [0.05, 0.1) is 4.55 Å². The van der Waals surface area contributed by atoms with Gasteiger partial charge < -0.3 is 9.47 Å². The highest BCUT2D eigenvalue weighted by Gasteiger charge is 2.09. The molecule has 0 aromatic rings. The first-order valence-electron chi connectivity index (χ1n) is 4.22. The Labute approximate surface area is 88.5 Å². The Morgan fingerprint density at radius 1 is 1.25 bits per heavy atom. The first-order chi connectivity index (χ1) is 5.74. The number of halogens is 1. The van der Waals surface area contributed by atoms with Gasteiger partial charge in [0.25, 0.3) is 0 Å². The fourth-order valence-corrected chi connectivity index (χ4v) is 1.11. The van der Waals surface area contributed by atoms with E-state index in [1.165, 1.54) is 0 Å². The summed E-state index contributed by atoms with van der Waals surface area (Å²) in [5.74, 6) is 0. The summed E-state index contributed by atoms with van der Waals surface area (Å²) in [4.78, 5) is 2.16. The Hall–Kier alpha value is 0.610. The third-order valence-corrected chi connectivity index (χ3v) is 2.53. The van der Waals surface area contributed by atoms with Crippen molar-refractivity contribution in [2.75, 3.05) is 31.4 Å². The highest BCUT2D eigenvalue weighted by atomic mass is 127. The van der Waals surface area contributed by atoms with E-state index in [1.807, 2.05) is 13.8 Å². The Balaban J connectivity index is 3.61. The monoisotopic (exact) mass is 287 g/mol. The van der Waals surface area contributed by atoms with Gasteiger partial charge in [0.1, 0.15) is 0 Å². The van der Waals surface area contributed by atoms with E-state index >= 15 is 0 Å². The molecule has 4 heteroatoms. The summed E-state index contributed by atoms with van der Waals surface area (Å²) in [6.45, 7) is 6.22. The van der Waals surface area contributed by atoms with E-state index in [9.17, 15) is 0 Å². The zero-order valence-corrected chi connectivity index (χ0v) is 10.2. The van der Waals surface area contributed by atoms with E-state index in [-0.39, 0.29) is 6.29 Å². The molecule has 0 heterocycles. The molecule has 0 aromatic carbocycles. The molecular formula is C8H18INO2. The highest BCUT2D eigenvalue weighted by molar-refractivity contribution is 14.1. The van der Waals surface area contributed by atoms with Crippen LogP contribution < -0.4 is 0 Å². The van der Waals surface area contributed by atoms with Crippen LogP contribution in [0.4, 0.5) is 0 Å². The van der Waals surface area contributed by atoms with Crippen molar-refractivity contribution in [3.8, 4) is 0 Å². The average molecular weight is 287 g/mol. The molecule has 12 heavy (non-hydrogen) atoms. The van der Waals surface area contributed by atoms with Crippen LogP contribution in [0.2, 0.25) is 0 Å². The van der Waals surface area contributed by atoms with Crippen molar-refractivity contribution in [1.29, 1.82) is 0 Å². The van der Waals surface area contributed by atoms with Gasteiger partial charge in [-0.25, -0.2) is 0 Å². The molecule has 0 N–H and O–H groups in total. The zero-order valence-electron chi connectivity index (χ0n) is 8.05. The first-order valence-corrected chi connectivity index (χ1v) is 5.74. The SMILES string of the molecule is CCOC(CN(C)CI)OCC. The van der Waals surface area contributed by atoms with Crippen LogP contribution >= 0.6 is 22.6 Å². The largest absolute Gasteiger partial charge is 0.352 e. The van der Waals surface area contributed by atoms with E-state index in [0.717, 1.165) is 11.1 Å². The Morgan fingerprint density at radius 3 is 2.08 bits per heavy atom. The minimum Gasteiger partial charge on any atom is -0.352 e. The number of likely N-dealkylation sites (N-methyl/N-ethyl adjacent to an activating group) is 1. The van der Waals surface area contributed by atoms with Gasteiger partial charge in [0.15, 0.2) is 6.29 Å². The van der Waals surface area contributed by atoms with Crippen LogP contribution in [0, 0.1) is 0 Å².